The van der Waals surface area contributed by atoms with Gasteiger partial charge in [-0.15, -0.1) is 0 Å². The van der Waals surface area contributed by atoms with Crippen LogP contribution in [-0.2, 0) is 17.7 Å². The molecule has 0 bridgehead atoms. The normalized spacial score (nSPS) is 22.5. The number of piperidine rings is 1. The number of phenolic OH excluding ortho intramolecular Hbond substituents is 1. The molecule has 162 valence electrons. The Hall–Kier alpha value is -2.47. The number of hydrogen-bond donors (Lipinski definition) is 2. The smallest absolute Gasteiger partial charge is 0.122 e. The number of nitrogens with two attached hydrogens (primary N) is 1. The molecule has 2 aromatic carbocycles. The largest absolute Gasteiger partial charge is 0.507 e. The molecule has 1 saturated heterocycles. The van der Waals surface area contributed by atoms with Gasteiger partial charge in [-0.05, 0) is 67.6 Å². The van der Waals surface area contributed by atoms with Gasteiger partial charge >= 0.3 is 0 Å². The summed E-state index contributed by atoms with van der Waals surface area (Å²) >= 11 is 0. The molecule has 3 heterocycles. The van der Waals surface area contributed by atoms with Crippen molar-refractivity contribution >= 4 is 10.9 Å². The minimum atomic E-state index is -0.123. The number of fused-ring (bicyclic) bond motifs is 2. The molecule has 31 heavy (non-hydrogen) atoms. The second-order valence-electron chi connectivity index (χ2n) is 9.05. The van der Waals surface area contributed by atoms with E-state index in [0.29, 0.717) is 18.2 Å². The third-order valence-electron chi connectivity index (χ3n) is 7.04. The summed E-state index contributed by atoms with van der Waals surface area (Å²) in [6, 6.07) is 14.6. The van der Waals surface area contributed by atoms with E-state index >= 15 is 0 Å². The quantitative estimate of drug-likeness (QED) is 0.669. The summed E-state index contributed by atoms with van der Waals surface area (Å²) < 4.78 is 6.43. The van der Waals surface area contributed by atoms with E-state index < -0.39 is 0 Å². The first-order chi connectivity index (χ1) is 15.1. The second kappa shape index (κ2) is 8.58. The molecule has 0 amide bonds. The van der Waals surface area contributed by atoms with Gasteiger partial charge in [-0.25, -0.2) is 0 Å². The molecule has 0 saturated carbocycles. The number of phenols is 1. The highest BCUT2D eigenvalue weighted by Crippen LogP contribution is 2.40. The van der Waals surface area contributed by atoms with Crippen molar-refractivity contribution in [2.24, 2.45) is 11.7 Å². The Kier molecular flexibility index (Phi) is 5.65. The number of aromatic nitrogens is 1. The van der Waals surface area contributed by atoms with Crippen molar-refractivity contribution in [3.63, 3.8) is 0 Å². The molecule has 2 aliphatic heterocycles. The van der Waals surface area contributed by atoms with Crippen molar-refractivity contribution in [2.45, 2.75) is 44.9 Å². The molecule has 2 atom stereocenters. The van der Waals surface area contributed by atoms with Crippen molar-refractivity contribution in [3.05, 3.63) is 70.9 Å². The molecule has 5 rings (SSSR count). The van der Waals surface area contributed by atoms with Crippen molar-refractivity contribution in [1.82, 2.24) is 9.88 Å². The van der Waals surface area contributed by atoms with Gasteiger partial charge in [-0.3, -0.25) is 9.88 Å². The zero-order valence-corrected chi connectivity index (χ0v) is 18.1. The summed E-state index contributed by atoms with van der Waals surface area (Å²) in [5.41, 5.74) is 11.4. The molecule has 0 spiro atoms. The number of pyridine rings is 1. The number of hydrogen-bond acceptors (Lipinski definition) is 5. The molecule has 1 fully saturated rings. The maximum absolute atomic E-state index is 10.6. The fraction of sp³-hybridized carbons (Fsp3) is 0.423. The second-order valence-corrected chi connectivity index (χ2v) is 9.05. The van der Waals surface area contributed by atoms with E-state index in [1.54, 1.807) is 0 Å². The lowest BCUT2D eigenvalue weighted by molar-refractivity contribution is -0.0651. The highest BCUT2D eigenvalue weighted by molar-refractivity contribution is 5.78. The predicted octanol–water partition coefficient (Wildman–Crippen LogP) is 4.10. The van der Waals surface area contributed by atoms with Gasteiger partial charge in [0.15, 0.2) is 0 Å². The van der Waals surface area contributed by atoms with Crippen molar-refractivity contribution in [2.75, 3.05) is 19.6 Å². The van der Waals surface area contributed by atoms with Crippen molar-refractivity contribution < 1.29 is 9.84 Å². The van der Waals surface area contributed by atoms with Crippen LogP contribution in [0, 0.1) is 12.8 Å². The van der Waals surface area contributed by atoms with E-state index in [9.17, 15) is 5.11 Å². The van der Waals surface area contributed by atoms with E-state index in [1.807, 2.05) is 25.3 Å². The highest BCUT2D eigenvalue weighted by atomic mass is 16.5. The van der Waals surface area contributed by atoms with Gasteiger partial charge in [0.2, 0.25) is 0 Å². The van der Waals surface area contributed by atoms with Crippen LogP contribution < -0.4 is 5.73 Å². The van der Waals surface area contributed by atoms with Gasteiger partial charge in [0.1, 0.15) is 5.75 Å². The van der Waals surface area contributed by atoms with Crippen LogP contribution in [0.1, 0.15) is 41.2 Å². The molecular formula is C26H31N3O2. The number of rotatable bonds is 4. The Morgan fingerprint density at radius 2 is 1.97 bits per heavy atom. The summed E-state index contributed by atoms with van der Waals surface area (Å²) in [5, 5.41) is 11.8. The Labute approximate surface area is 183 Å². The fourth-order valence-corrected chi connectivity index (χ4v) is 5.22. The first-order valence-corrected chi connectivity index (χ1v) is 11.3. The van der Waals surface area contributed by atoms with E-state index in [2.05, 4.69) is 40.2 Å². The van der Waals surface area contributed by atoms with Crippen LogP contribution in [0.3, 0.4) is 0 Å². The third-order valence-corrected chi connectivity index (χ3v) is 7.04. The minimum Gasteiger partial charge on any atom is -0.507 e. The number of likely N-dealkylation sites (tertiary alicyclic amines) is 1. The average molecular weight is 418 g/mol. The maximum atomic E-state index is 10.6. The molecule has 0 aliphatic carbocycles. The highest BCUT2D eigenvalue weighted by Gasteiger charge is 2.35. The predicted molar refractivity (Wildman–Crippen MR) is 123 cm³/mol. The van der Waals surface area contributed by atoms with E-state index in [0.717, 1.165) is 61.1 Å². The molecule has 5 heteroatoms. The molecule has 1 aromatic heterocycles. The first kappa shape index (κ1) is 20.4. The Balaban J connectivity index is 1.24. The molecule has 2 aliphatic rings. The summed E-state index contributed by atoms with van der Waals surface area (Å²) in [7, 11) is 0. The number of aryl methyl sites for hydroxylation is 1. The fourth-order valence-electron chi connectivity index (χ4n) is 5.22. The van der Waals surface area contributed by atoms with Crippen molar-refractivity contribution in [3.8, 4) is 5.75 Å². The Bertz CT molecular complexity index is 1080. The summed E-state index contributed by atoms with van der Waals surface area (Å²) in [5.74, 6) is 0.915. The van der Waals surface area contributed by atoms with Gasteiger partial charge in [-0.1, -0.05) is 30.3 Å². The summed E-state index contributed by atoms with van der Waals surface area (Å²) in [6.45, 7) is 5.44. The summed E-state index contributed by atoms with van der Waals surface area (Å²) in [4.78, 5) is 7.12. The van der Waals surface area contributed by atoms with E-state index in [-0.39, 0.29) is 12.2 Å². The van der Waals surface area contributed by atoms with Crippen LogP contribution in [0.5, 0.6) is 5.75 Å². The number of aromatic hydroxyl groups is 1. The third kappa shape index (κ3) is 4.05. The molecule has 5 nitrogen and oxygen atoms in total. The van der Waals surface area contributed by atoms with Crippen molar-refractivity contribution in [1.29, 1.82) is 0 Å². The Morgan fingerprint density at radius 3 is 2.77 bits per heavy atom. The SMILES string of the molecule is Cc1ccc2c(c1O)C[C@@H](C1CCN(Cc3cnc4ccccc4c3)CC1)O[C@H]2CN. The topological polar surface area (TPSA) is 71.6 Å². The van der Waals surface area contributed by atoms with E-state index in [4.69, 9.17) is 10.5 Å². The molecule has 3 aromatic rings. The van der Waals surface area contributed by atoms with Gasteiger partial charge in [-0.2, -0.15) is 0 Å². The van der Waals surface area contributed by atoms with Gasteiger partial charge < -0.3 is 15.6 Å². The zero-order valence-electron chi connectivity index (χ0n) is 18.1. The van der Waals surface area contributed by atoms with Crippen LogP contribution >= 0.6 is 0 Å². The van der Waals surface area contributed by atoms with Gasteiger partial charge in [0, 0.05) is 36.7 Å². The van der Waals surface area contributed by atoms with Gasteiger partial charge in [0.25, 0.3) is 0 Å². The van der Waals surface area contributed by atoms with Gasteiger partial charge in [0.05, 0.1) is 17.7 Å². The first-order valence-electron chi connectivity index (χ1n) is 11.3. The molecule has 3 N–H and O–H groups in total. The molecule has 0 radical (unpaired) electrons. The zero-order chi connectivity index (χ0) is 21.4. The lowest BCUT2D eigenvalue weighted by Crippen LogP contribution is -2.41. The maximum Gasteiger partial charge on any atom is 0.122 e. The number of benzene rings is 2. The van der Waals surface area contributed by atoms with Crippen LogP contribution in [0.25, 0.3) is 10.9 Å². The molecular weight excluding hydrogens is 386 g/mol. The lowest BCUT2D eigenvalue weighted by Gasteiger charge is -2.40. The van der Waals surface area contributed by atoms with Crippen LogP contribution in [0.15, 0.2) is 48.7 Å². The van der Waals surface area contributed by atoms with Crippen LogP contribution in [-0.4, -0.2) is 40.7 Å². The Morgan fingerprint density at radius 1 is 1.16 bits per heavy atom. The van der Waals surface area contributed by atoms with E-state index in [1.165, 1.54) is 10.9 Å². The van der Waals surface area contributed by atoms with Crippen LogP contribution in [0.4, 0.5) is 0 Å². The number of nitrogens with zero attached hydrogens (tertiary/aromatic N) is 2. The number of ether oxygens (including phenoxy) is 1. The van der Waals surface area contributed by atoms with Crippen LogP contribution in [0.2, 0.25) is 0 Å². The lowest BCUT2D eigenvalue weighted by atomic mass is 9.83. The summed E-state index contributed by atoms with van der Waals surface area (Å²) in [6.07, 6.45) is 4.99. The monoisotopic (exact) mass is 417 g/mol. The average Bonchev–Trinajstić information content (AvgIpc) is 2.81. The standard InChI is InChI=1S/C26H31N3O2/c1-17-6-7-21-22(26(17)30)13-24(31-25(21)14-27)19-8-10-29(11-9-19)16-18-12-20-4-2-3-5-23(20)28-15-18/h2-7,12,15,19,24-25,30H,8-11,13-14,16,27H2,1H3/t24-,25-/m0/s1. The molecule has 0 unspecified atom stereocenters. The minimum absolute atomic E-state index is 0.123. The number of para-hydroxylation sites is 1.